The van der Waals surface area contributed by atoms with E-state index in [9.17, 15) is 9.59 Å². The minimum atomic E-state index is -0.111. The molecule has 174 valence electrons. The van der Waals surface area contributed by atoms with E-state index < -0.39 is 0 Å². The maximum atomic E-state index is 12.8. The second-order valence-electron chi connectivity index (χ2n) is 8.47. The van der Waals surface area contributed by atoms with E-state index in [-0.39, 0.29) is 17.7 Å². The van der Waals surface area contributed by atoms with Crippen LogP contribution in [0.5, 0.6) is 0 Å². The first-order chi connectivity index (χ1) is 15.7. The third-order valence-electron chi connectivity index (χ3n) is 5.68. The van der Waals surface area contributed by atoms with E-state index in [1.807, 2.05) is 32.0 Å². The Labute approximate surface area is 196 Å². The van der Waals surface area contributed by atoms with Crippen molar-refractivity contribution >= 4 is 34.1 Å². The number of nitrogens with zero attached hydrogens (tertiary/aromatic N) is 7. The smallest absolute Gasteiger partial charge is 0.265 e. The molecule has 2 amide bonds. The number of carbonyl (C=O) groups is 2. The fourth-order valence-corrected chi connectivity index (χ4v) is 4.88. The van der Waals surface area contributed by atoms with Gasteiger partial charge in [0, 0.05) is 38.8 Å². The van der Waals surface area contributed by atoms with Crippen molar-refractivity contribution in [3.05, 3.63) is 40.2 Å². The van der Waals surface area contributed by atoms with Gasteiger partial charge in [-0.15, -0.1) is 10.2 Å². The molecule has 1 aliphatic rings. The zero-order chi connectivity index (χ0) is 23.7. The van der Waals surface area contributed by atoms with E-state index in [1.54, 1.807) is 25.7 Å². The fourth-order valence-electron chi connectivity index (χ4n) is 3.89. The van der Waals surface area contributed by atoms with Gasteiger partial charge in [0.25, 0.3) is 5.91 Å². The van der Waals surface area contributed by atoms with Crippen molar-refractivity contribution in [2.75, 3.05) is 37.4 Å². The highest BCUT2D eigenvalue weighted by molar-refractivity contribution is 7.17. The van der Waals surface area contributed by atoms with Gasteiger partial charge in [0.05, 0.1) is 11.4 Å². The van der Waals surface area contributed by atoms with Crippen LogP contribution in [0.2, 0.25) is 0 Å². The number of hydrogen-bond acceptors (Lipinski definition) is 8. The number of aromatic nitrogens is 5. The summed E-state index contributed by atoms with van der Waals surface area (Å²) in [7, 11) is 3.40. The molecule has 33 heavy (non-hydrogen) atoms. The van der Waals surface area contributed by atoms with E-state index in [0.717, 1.165) is 17.2 Å². The number of hydrogen-bond donors (Lipinski definition) is 1. The maximum Gasteiger partial charge on any atom is 0.265 e. The molecule has 4 rings (SSSR count). The van der Waals surface area contributed by atoms with Crippen molar-refractivity contribution in [3.63, 3.8) is 0 Å². The number of nitrogens with one attached hydrogen (secondary N) is 1. The van der Waals surface area contributed by atoms with E-state index in [0.29, 0.717) is 47.5 Å². The molecule has 0 bridgehead atoms. The highest BCUT2D eigenvalue weighted by atomic mass is 32.1. The van der Waals surface area contributed by atoms with Gasteiger partial charge in [0.15, 0.2) is 16.8 Å². The third kappa shape index (κ3) is 4.87. The zero-order valence-electron chi connectivity index (χ0n) is 19.5. The van der Waals surface area contributed by atoms with Crippen LogP contribution >= 0.6 is 11.3 Å². The number of amides is 2. The van der Waals surface area contributed by atoms with Gasteiger partial charge in [-0.05, 0) is 51.8 Å². The van der Waals surface area contributed by atoms with Gasteiger partial charge >= 0.3 is 0 Å². The molecule has 3 aromatic heterocycles. The lowest BCUT2D eigenvalue weighted by atomic mass is 9.96. The van der Waals surface area contributed by atoms with Gasteiger partial charge in [0.2, 0.25) is 5.91 Å². The molecule has 10 nitrogen and oxygen atoms in total. The maximum absolute atomic E-state index is 12.8. The van der Waals surface area contributed by atoms with Gasteiger partial charge < -0.3 is 15.1 Å². The van der Waals surface area contributed by atoms with Crippen LogP contribution in [0.3, 0.4) is 0 Å². The molecule has 0 spiro atoms. The monoisotopic (exact) mass is 468 g/mol. The predicted molar refractivity (Wildman–Crippen MR) is 127 cm³/mol. The first-order valence-corrected chi connectivity index (χ1v) is 11.7. The summed E-state index contributed by atoms with van der Waals surface area (Å²) in [5, 5.41) is 16.5. The SMILES string of the molecule is Cc1cc(C)n(-c2ccc(N3CCC(C(=O)Nc4nc(C)c(C(=O)N(C)C)s4)CC3)nn2)n1. The van der Waals surface area contributed by atoms with Crippen molar-refractivity contribution in [3.8, 4) is 5.82 Å². The molecule has 4 heterocycles. The van der Waals surface area contributed by atoms with Crippen molar-refractivity contribution in [2.45, 2.75) is 33.6 Å². The zero-order valence-corrected chi connectivity index (χ0v) is 20.3. The van der Waals surface area contributed by atoms with Crippen LogP contribution in [0.25, 0.3) is 5.82 Å². The Morgan fingerprint density at radius 3 is 2.33 bits per heavy atom. The third-order valence-corrected chi connectivity index (χ3v) is 6.74. The minimum Gasteiger partial charge on any atom is -0.355 e. The first-order valence-electron chi connectivity index (χ1n) is 10.8. The van der Waals surface area contributed by atoms with Gasteiger partial charge in [-0.1, -0.05) is 11.3 Å². The number of piperidine rings is 1. The summed E-state index contributed by atoms with van der Waals surface area (Å²) in [6.07, 6.45) is 1.42. The number of carbonyl (C=O) groups excluding carboxylic acids is 2. The second-order valence-corrected chi connectivity index (χ2v) is 9.47. The van der Waals surface area contributed by atoms with E-state index >= 15 is 0 Å². The molecule has 0 aliphatic carbocycles. The molecular weight excluding hydrogens is 440 g/mol. The molecule has 0 unspecified atom stereocenters. The lowest BCUT2D eigenvalue weighted by Gasteiger charge is -2.31. The van der Waals surface area contributed by atoms with E-state index in [4.69, 9.17) is 0 Å². The lowest BCUT2D eigenvalue weighted by molar-refractivity contribution is -0.120. The normalized spacial score (nSPS) is 14.4. The van der Waals surface area contributed by atoms with Gasteiger partial charge in [-0.2, -0.15) is 5.10 Å². The summed E-state index contributed by atoms with van der Waals surface area (Å²) in [6, 6.07) is 5.86. The molecule has 1 aliphatic heterocycles. The average molecular weight is 469 g/mol. The molecule has 1 fully saturated rings. The number of thiazole rings is 1. The predicted octanol–water partition coefficient (Wildman–Crippen LogP) is 2.60. The van der Waals surface area contributed by atoms with Crippen molar-refractivity contribution in [2.24, 2.45) is 5.92 Å². The Morgan fingerprint density at radius 2 is 1.76 bits per heavy atom. The summed E-state index contributed by atoms with van der Waals surface area (Å²) in [6.45, 7) is 7.14. The molecule has 0 aromatic carbocycles. The fraction of sp³-hybridized carbons (Fsp3) is 0.455. The Bertz CT molecular complexity index is 1160. The molecule has 1 N–H and O–H groups in total. The molecule has 11 heteroatoms. The second kappa shape index (κ2) is 9.26. The summed E-state index contributed by atoms with van der Waals surface area (Å²) in [5.41, 5.74) is 2.58. The van der Waals surface area contributed by atoms with Crippen LogP contribution < -0.4 is 10.2 Å². The van der Waals surface area contributed by atoms with E-state index in [2.05, 4.69) is 30.5 Å². The Kier molecular flexibility index (Phi) is 6.41. The number of rotatable bonds is 5. The van der Waals surface area contributed by atoms with Crippen LogP contribution in [0.4, 0.5) is 10.9 Å². The van der Waals surface area contributed by atoms with Crippen LogP contribution in [0, 0.1) is 26.7 Å². The molecule has 1 saturated heterocycles. The topological polar surface area (TPSA) is 109 Å². The quantitative estimate of drug-likeness (QED) is 0.613. The Hall–Kier alpha value is -3.34. The van der Waals surface area contributed by atoms with Crippen LogP contribution in [0.15, 0.2) is 18.2 Å². The summed E-state index contributed by atoms with van der Waals surface area (Å²) in [4.78, 5) is 33.5. The molecule has 0 radical (unpaired) electrons. The Balaban J connectivity index is 1.34. The van der Waals surface area contributed by atoms with Gasteiger partial charge in [0.1, 0.15) is 4.88 Å². The average Bonchev–Trinajstić information content (AvgIpc) is 3.33. The van der Waals surface area contributed by atoms with Crippen molar-refractivity contribution < 1.29 is 9.59 Å². The molecule has 3 aromatic rings. The largest absolute Gasteiger partial charge is 0.355 e. The highest BCUT2D eigenvalue weighted by Crippen LogP contribution is 2.27. The standard InChI is InChI=1S/C22H28N8O2S/c1-13-12-14(2)30(27-13)18-7-6-17(25-26-18)29-10-8-16(9-11-29)20(31)24-22-23-15(3)19(33-22)21(32)28(4)5/h6-7,12,16H,8-11H2,1-5H3,(H,23,24,31). The number of aryl methyl sites for hydroxylation is 3. The van der Waals surface area contributed by atoms with E-state index in [1.165, 1.54) is 16.2 Å². The summed E-state index contributed by atoms with van der Waals surface area (Å²) < 4.78 is 1.78. The van der Waals surface area contributed by atoms with Gasteiger partial charge in [-0.25, -0.2) is 9.67 Å². The van der Waals surface area contributed by atoms with Crippen LogP contribution in [-0.2, 0) is 4.79 Å². The van der Waals surface area contributed by atoms with Crippen LogP contribution in [-0.4, -0.2) is 68.9 Å². The summed E-state index contributed by atoms with van der Waals surface area (Å²) >= 11 is 1.22. The molecular formula is C22H28N8O2S. The van der Waals surface area contributed by atoms with Crippen molar-refractivity contribution in [1.82, 2.24) is 29.9 Å². The first kappa shape index (κ1) is 22.8. The number of anilines is 2. The Morgan fingerprint density at radius 1 is 1.09 bits per heavy atom. The minimum absolute atomic E-state index is 0.0572. The lowest BCUT2D eigenvalue weighted by Crippen LogP contribution is -2.38. The highest BCUT2D eigenvalue weighted by Gasteiger charge is 2.27. The van der Waals surface area contributed by atoms with Crippen LogP contribution in [0.1, 0.15) is 39.6 Å². The summed E-state index contributed by atoms with van der Waals surface area (Å²) in [5.74, 6) is 1.20. The van der Waals surface area contributed by atoms with Gasteiger partial charge in [-0.3, -0.25) is 9.59 Å². The molecule has 0 saturated carbocycles. The molecule has 0 atom stereocenters. The van der Waals surface area contributed by atoms with Crippen molar-refractivity contribution in [1.29, 1.82) is 0 Å².